The number of furan rings is 1. The number of fused-ring (bicyclic) bond motifs is 7. The first-order valence-electron chi connectivity index (χ1n) is 13.3. The number of benzene rings is 3. The number of hydrogen-bond donors (Lipinski definition) is 0. The van der Waals surface area contributed by atoms with Gasteiger partial charge in [-0.15, -0.1) is 0 Å². The minimum Gasteiger partial charge on any atom is -0.455 e. The molecule has 2 heteroatoms. The lowest BCUT2D eigenvalue weighted by Crippen LogP contribution is -2.29. The molecule has 1 aliphatic rings. The second kappa shape index (κ2) is 8.34. The molecule has 3 aromatic carbocycles. The molecule has 1 aliphatic carbocycles. The third-order valence-electron chi connectivity index (χ3n) is 7.93. The molecule has 0 fully saturated rings. The Hall–Kier alpha value is -3.39. The Labute approximate surface area is 214 Å². The van der Waals surface area contributed by atoms with Gasteiger partial charge in [-0.25, -0.2) is 0 Å². The van der Waals surface area contributed by atoms with Gasteiger partial charge in [0.15, 0.2) is 0 Å². The summed E-state index contributed by atoms with van der Waals surface area (Å²) in [4.78, 5) is 4.73. The van der Waals surface area contributed by atoms with E-state index in [2.05, 4.69) is 96.1 Å². The van der Waals surface area contributed by atoms with Crippen molar-refractivity contribution in [1.29, 1.82) is 0 Å². The highest BCUT2D eigenvalue weighted by molar-refractivity contribution is 6.14. The summed E-state index contributed by atoms with van der Waals surface area (Å²) < 4.78 is 6.92. The monoisotopic (exact) mass is 473 g/mol. The standard InChI is InChI=1S/C34H35NO/c1-20(2)18-34(19-21(3)4)27-10-8-7-9-26(27)31-28(34)14-13-25-24-12-11-23(6)30(32(24)36-33(25)31)29-17-22(5)15-16-35-29/h7-17,20-21H,18-19H2,1-6H3. The summed E-state index contributed by atoms with van der Waals surface area (Å²) in [5, 5.41) is 2.36. The summed E-state index contributed by atoms with van der Waals surface area (Å²) >= 11 is 0. The smallest absolute Gasteiger partial charge is 0.145 e. The van der Waals surface area contributed by atoms with Gasteiger partial charge in [-0.1, -0.05) is 76.2 Å². The summed E-state index contributed by atoms with van der Waals surface area (Å²) in [7, 11) is 0. The van der Waals surface area contributed by atoms with Crippen LogP contribution in [0.3, 0.4) is 0 Å². The van der Waals surface area contributed by atoms with Crippen molar-refractivity contribution in [3.8, 4) is 22.4 Å². The average molecular weight is 474 g/mol. The molecule has 0 amide bonds. The normalized spacial score (nSPS) is 14.2. The van der Waals surface area contributed by atoms with E-state index in [0.29, 0.717) is 11.8 Å². The molecule has 2 nitrogen and oxygen atoms in total. The van der Waals surface area contributed by atoms with E-state index >= 15 is 0 Å². The molecule has 182 valence electrons. The van der Waals surface area contributed by atoms with Gasteiger partial charge in [-0.2, -0.15) is 0 Å². The largest absolute Gasteiger partial charge is 0.455 e. The van der Waals surface area contributed by atoms with Crippen molar-refractivity contribution >= 4 is 21.9 Å². The Morgan fingerprint density at radius 1 is 0.750 bits per heavy atom. The van der Waals surface area contributed by atoms with Crippen LogP contribution in [0.4, 0.5) is 0 Å². The molecular weight excluding hydrogens is 438 g/mol. The Bertz CT molecular complexity index is 1610. The molecule has 0 N–H and O–H groups in total. The van der Waals surface area contributed by atoms with Crippen LogP contribution in [0.1, 0.15) is 62.8 Å². The van der Waals surface area contributed by atoms with Crippen molar-refractivity contribution in [2.24, 2.45) is 11.8 Å². The zero-order valence-corrected chi connectivity index (χ0v) is 22.3. The number of rotatable bonds is 5. The predicted molar refractivity (Wildman–Crippen MR) is 152 cm³/mol. The van der Waals surface area contributed by atoms with Gasteiger partial charge in [0, 0.05) is 33.5 Å². The second-order valence-electron chi connectivity index (χ2n) is 11.6. The minimum absolute atomic E-state index is 0.0122. The van der Waals surface area contributed by atoms with Gasteiger partial charge in [0.05, 0.1) is 5.69 Å². The maximum Gasteiger partial charge on any atom is 0.145 e. The van der Waals surface area contributed by atoms with Crippen LogP contribution in [0.5, 0.6) is 0 Å². The van der Waals surface area contributed by atoms with Crippen LogP contribution < -0.4 is 0 Å². The molecular formula is C34H35NO. The molecule has 2 heterocycles. The fourth-order valence-corrected chi connectivity index (χ4v) is 6.84. The maximum atomic E-state index is 6.92. The van der Waals surface area contributed by atoms with Crippen molar-refractivity contribution in [1.82, 2.24) is 4.98 Å². The Morgan fingerprint density at radius 3 is 2.11 bits per heavy atom. The summed E-state index contributed by atoms with van der Waals surface area (Å²) in [6.07, 6.45) is 4.17. The average Bonchev–Trinajstić information content (AvgIpc) is 3.32. The fourth-order valence-electron chi connectivity index (χ4n) is 6.84. The van der Waals surface area contributed by atoms with Crippen molar-refractivity contribution in [2.75, 3.05) is 0 Å². The molecule has 0 bridgehead atoms. The van der Waals surface area contributed by atoms with Crippen molar-refractivity contribution < 1.29 is 4.42 Å². The number of hydrogen-bond acceptors (Lipinski definition) is 2. The molecule has 2 aromatic heterocycles. The number of nitrogens with zero attached hydrogens (tertiary/aromatic N) is 1. The van der Waals surface area contributed by atoms with Crippen LogP contribution in [0.2, 0.25) is 0 Å². The lowest BCUT2D eigenvalue weighted by molar-refractivity contribution is 0.337. The van der Waals surface area contributed by atoms with Crippen molar-refractivity contribution in [3.05, 3.63) is 89.1 Å². The van der Waals surface area contributed by atoms with Crippen molar-refractivity contribution in [2.45, 2.75) is 59.8 Å². The second-order valence-corrected chi connectivity index (χ2v) is 11.6. The van der Waals surface area contributed by atoms with E-state index < -0.39 is 0 Å². The molecule has 36 heavy (non-hydrogen) atoms. The first-order valence-corrected chi connectivity index (χ1v) is 13.3. The van der Waals surface area contributed by atoms with Crippen LogP contribution in [0.25, 0.3) is 44.3 Å². The molecule has 5 aromatic rings. The van der Waals surface area contributed by atoms with E-state index in [0.717, 1.165) is 35.3 Å². The van der Waals surface area contributed by atoms with Crippen LogP contribution in [-0.2, 0) is 5.41 Å². The lowest BCUT2D eigenvalue weighted by atomic mass is 9.68. The zero-order valence-electron chi connectivity index (χ0n) is 22.3. The van der Waals surface area contributed by atoms with E-state index in [1.54, 1.807) is 0 Å². The molecule has 0 saturated heterocycles. The van der Waals surface area contributed by atoms with Gasteiger partial charge < -0.3 is 4.42 Å². The fraction of sp³-hybridized carbons (Fsp3) is 0.324. The number of aryl methyl sites for hydroxylation is 2. The van der Waals surface area contributed by atoms with E-state index in [4.69, 9.17) is 9.40 Å². The first-order chi connectivity index (χ1) is 17.3. The molecule has 0 unspecified atom stereocenters. The van der Waals surface area contributed by atoms with Crippen LogP contribution in [-0.4, -0.2) is 4.98 Å². The molecule has 0 saturated carbocycles. The topological polar surface area (TPSA) is 26.0 Å². The van der Waals surface area contributed by atoms with E-state index in [9.17, 15) is 0 Å². The Morgan fingerprint density at radius 2 is 1.42 bits per heavy atom. The van der Waals surface area contributed by atoms with Crippen LogP contribution >= 0.6 is 0 Å². The predicted octanol–water partition coefficient (Wildman–Crippen LogP) is 9.62. The molecule has 0 radical (unpaired) electrons. The number of aromatic nitrogens is 1. The zero-order chi connectivity index (χ0) is 25.2. The van der Waals surface area contributed by atoms with E-state index in [1.165, 1.54) is 44.2 Å². The SMILES string of the molecule is Cc1ccnc(-c2c(C)ccc3c2oc2c4c(ccc23)C(CC(C)C)(CC(C)C)c2ccccc2-4)c1. The Balaban J connectivity index is 1.71. The van der Waals surface area contributed by atoms with Gasteiger partial charge in [0.1, 0.15) is 11.2 Å². The summed E-state index contributed by atoms with van der Waals surface area (Å²) in [6, 6.07) is 22.4. The lowest BCUT2D eigenvalue weighted by Gasteiger charge is -2.35. The van der Waals surface area contributed by atoms with Gasteiger partial charge in [-0.05, 0) is 78.5 Å². The minimum atomic E-state index is 0.0122. The highest BCUT2D eigenvalue weighted by Crippen LogP contribution is 2.57. The van der Waals surface area contributed by atoms with Crippen LogP contribution in [0, 0.1) is 25.7 Å². The third-order valence-corrected chi connectivity index (χ3v) is 7.93. The highest BCUT2D eigenvalue weighted by atomic mass is 16.3. The van der Waals surface area contributed by atoms with Gasteiger partial charge in [0.25, 0.3) is 0 Å². The van der Waals surface area contributed by atoms with Gasteiger partial charge in [0.2, 0.25) is 0 Å². The Kier molecular flexibility index (Phi) is 5.33. The summed E-state index contributed by atoms with van der Waals surface area (Å²) in [6.45, 7) is 13.7. The third kappa shape index (κ3) is 3.34. The van der Waals surface area contributed by atoms with Gasteiger partial charge >= 0.3 is 0 Å². The van der Waals surface area contributed by atoms with Crippen LogP contribution in [0.15, 0.2) is 71.3 Å². The summed E-state index contributed by atoms with van der Waals surface area (Å²) in [5.41, 5.74) is 12.0. The quantitative estimate of drug-likeness (QED) is 0.254. The first kappa shape index (κ1) is 23.0. The molecule has 6 rings (SSSR count). The molecule has 0 aliphatic heterocycles. The maximum absolute atomic E-state index is 6.92. The van der Waals surface area contributed by atoms with E-state index in [1.807, 2.05) is 12.3 Å². The van der Waals surface area contributed by atoms with E-state index in [-0.39, 0.29) is 5.41 Å². The highest BCUT2D eigenvalue weighted by Gasteiger charge is 2.45. The van der Waals surface area contributed by atoms with Gasteiger partial charge in [-0.3, -0.25) is 4.98 Å². The summed E-state index contributed by atoms with van der Waals surface area (Å²) in [5.74, 6) is 1.19. The molecule has 0 atom stereocenters. The number of pyridine rings is 1. The molecule has 0 spiro atoms. The van der Waals surface area contributed by atoms with Crippen molar-refractivity contribution in [3.63, 3.8) is 0 Å².